The Morgan fingerprint density at radius 2 is 1.83 bits per heavy atom. The fourth-order valence-electron chi connectivity index (χ4n) is 4.25. The Hall–Kier alpha value is -2.54. The number of hydrogen-bond donors (Lipinski definition) is 1. The molecule has 1 aromatic carbocycles. The molecule has 2 fully saturated rings. The molecule has 1 atom stereocenters. The highest BCUT2D eigenvalue weighted by atomic mass is 19.1. The summed E-state index contributed by atoms with van der Waals surface area (Å²) in [6.07, 6.45) is 7.15. The zero-order chi connectivity index (χ0) is 20.1. The van der Waals surface area contributed by atoms with E-state index in [0.717, 1.165) is 50.9 Å². The van der Waals surface area contributed by atoms with Crippen molar-refractivity contribution in [1.29, 1.82) is 0 Å². The summed E-state index contributed by atoms with van der Waals surface area (Å²) in [7, 11) is 0. The van der Waals surface area contributed by atoms with Gasteiger partial charge in [0.05, 0.1) is 5.92 Å². The van der Waals surface area contributed by atoms with E-state index in [-0.39, 0.29) is 23.7 Å². The summed E-state index contributed by atoms with van der Waals surface area (Å²) in [6.45, 7) is 3.92. The van der Waals surface area contributed by atoms with Crippen molar-refractivity contribution in [1.82, 2.24) is 20.2 Å². The number of piperidine rings is 2. The Morgan fingerprint density at radius 1 is 1.07 bits per heavy atom. The molecule has 154 valence electrons. The summed E-state index contributed by atoms with van der Waals surface area (Å²) >= 11 is 0. The standard InChI is InChI=1S/C22H28FN5O/c23-20-7-2-1-5-17(20)15-27-13-8-19(9-14-27)26-21(29)18-6-3-12-28(16-18)22-24-10-4-11-25-22/h1-2,4-5,7,10-11,18-19H,3,6,8-9,12-16H2,(H,26,29). The van der Waals surface area contributed by atoms with Crippen LogP contribution in [0.5, 0.6) is 0 Å². The zero-order valence-corrected chi connectivity index (χ0v) is 16.6. The summed E-state index contributed by atoms with van der Waals surface area (Å²) in [5, 5.41) is 3.25. The van der Waals surface area contributed by atoms with E-state index in [1.807, 2.05) is 12.1 Å². The number of anilines is 1. The first-order valence-electron chi connectivity index (χ1n) is 10.5. The van der Waals surface area contributed by atoms with E-state index in [2.05, 4.69) is 25.1 Å². The number of likely N-dealkylation sites (tertiary alicyclic amines) is 1. The van der Waals surface area contributed by atoms with Crippen LogP contribution in [0.2, 0.25) is 0 Å². The van der Waals surface area contributed by atoms with E-state index in [4.69, 9.17) is 0 Å². The molecule has 6 nitrogen and oxygen atoms in total. The molecule has 7 heteroatoms. The summed E-state index contributed by atoms with van der Waals surface area (Å²) in [6, 6.07) is 8.94. The quantitative estimate of drug-likeness (QED) is 0.840. The summed E-state index contributed by atoms with van der Waals surface area (Å²) < 4.78 is 13.9. The van der Waals surface area contributed by atoms with Crippen LogP contribution in [-0.4, -0.2) is 53.0 Å². The normalized spacial score (nSPS) is 21.1. The number of hydrogen-bond acceptors (Lipinski definition) is 5. The smallest absolute Gasteiger partial charge is 0.225 e. The van der Waals surface area contributed by atoms with Crippen molar-refractivity contribution in [2.24, 2.45) is 5.92 Å². The molecule has 1 amide bonds. The first-order chi connectivity index (χ1) is 14.2. The lowest BCUT2D eigenvalue weighted by Gasteiger charge is -2.35. The highest BCUT2D eigenvalue weighted by Crippen LogP contribution is 2.21. The third-order valence-corrected chi connectivity index (χ3v) is 5.91. The average Bonchev–Trinajstić information content (AvgIpc) is 2.77. The van der Waals surface area contributed by atoms with Crippen molar-refractivity contribution in [2.45, 2.75) is 38.3 Å². The molecule has 2 saturated heterocycles. The van der Waals surface area contributed by atoms with Gasteiger partial charge in [-0.05, 0) is 37.8 Å². The maximum atomic E-state index is 13.9. The Balaban J connectivity index is 1.25. The fourth-order valence-corrected chi connectivity index (χ4v) is 4.25. The number of carbonyl (C=O) groups excluding carboxylic acids is 1. The first kappa shape index (κ1) is 19.8. The van der Waals surface area contributed by atoms with Gasteiger partial charge in [0.2, 0.25) is 11.9 Å². The first-order valence-corrected chi connectivity index (χ1v) is 10.5. The van der Waals surface area contributed by atoms with Crippen LogP contribution in [0, 0.1) is 11.7 Å². The van der Waals surface area contributed by atoms with Crippen molar-refractivity contribution in [2.75, 3.05) is 31.1 Å². The van der Waals surface area contributed by atoms with Crippen LogP contribution in [0.3, 0.4) is 0 Å². The SMILES string of the molecule is O=C(NC1CCN(Cc2ccccc2F)CC1)C1CCCN(c2ncccn2)C1. The second-order valence-corrected chi connectivity index (χ2v) is 7.98. The molecule has 0 bridgehead atoms. The summed E-state index contributed by atoms with van der Waals surface area (Å²) in [5.41, 5.74) is 0.736. The number of benzene rings is 1. The van der Waals surface area contributed by atoms with Crippen molar-refractivity contribution in [3.8, 4) is 0 Å². The minimum Gasteiger partial charge on any atom is -0.353 e. The van der Waals surface area contributed by atoms with Crippen LogP contribution in [0.4, 0.5) is 10.3 Å². The Labute approximate surface area is 171 Å². The van der Waals surface area contributed by atoms with Gasteiger partial charge in [-0.3, -0.25) is 9.69 Å². The van der Waals surface area contributed by atoms with E-state index >= 15 is 0 Å². The van der Waals surface area contributed by atoms with E-state index in [1.165, 1.54) is 6.07 Å². The summed E-state index contributed by atoms with van der Waals surface area (Å²) in [5.74, 6) is 0.667. The second-order valence-electron chi connectivity index (χ2n) is 7.98. The molecular formula is C22H28FN5O. The number of halogens is 1. The largest absolute Gasteiger partial charge is 0.353 e. The predicted molar refractivity (Wildman–Crippen MR) is 110 cm³/mol. The van der Waals surface area contributed by atoms with Gasteiger partial charge in [0.1, 0.15) is 5.82 Å². The molecule has 0 radical (unpaired) electrons. The van der Waals surface area contributed by atoms with Gasteiger partial charge in [-0.2, -0.15) is 0 Å². The zero-order valence-electron chi connectivity index (χ0n) is 16.6. The van der Waals surface area contributed by atoms with Crippen LogP contribution in [0.15, 0.2) is 42.7 Å². The molecule has 2 aromatic rings. The van der Waals surface area contributed by atoms with Crippen molar-refractivity contribution >= 4 is 11.9 Å². The molecule has 1 unspecified atom stereocenters. The van der Waals surface area contributed by atoms with E-state index in [0.29, 0.717) is 19.0 Å². The molecule has 2 aliphatic heterocycles. The molecule has 0 saturated carbocycles. The van der Waals surface area contributed by atoms with Crippen molar-refractivity contribution in [3.05, 3.63) is 54.1 Å². The van der Waals surface area contributed by atoms with Crippen LogP contribution < -0.4 is 10.2 Å². The summed E-state index contributed by atoms with van der Waals surface area (Å²) in [4.78, 5) is 25.8. The molecule has 4 rings (SSSR count). The van der Waals surface area contributed by atoms with Gasteiger partial charge in [0.15, 0.2) is 0 Å². The van der Waals surface area contributed by atoms with Crippen LogP contribution in [0.25, 0.3) is 0 Å². The van der Waals surface area contributed by atoms with E-state index < -0.39 is 0 Å². The molecule has 1 aromatic heterocycles. The number of carbonyl (C=O) groups is 1. The number of nitrogens with zero attached hydrogens (tertiary/aromatic N) is 4. The minimum absolute atomic E-state index is 0.0241. The highest BCUT2D eigenvalue weighted by Gasteiger charge is 2.29. The minimum atomic E-state index is -0.146. The molecule has 0 aliphatic carbocycles. The van der Waals surface area contributed by atoms with Gasteiger partial charge in [0, 0.05) is 56.7 Å². The molecule has 3 heterocycles. The van der Waals surface area contributed by atoms with Crippen LogP contribution in [0.1, 0.15) is 31.2 Å². The Bertz CT molecular complexity index is 810. The highest BCUT2D eigenvalue weighted by molar-refractivity contribution is 5.79. The topological polar surface area (TPSA) is 61.4 Å². The molecule has 0 spiro atoms. The monoisotopic (exact) mass is 397 g/mol. The lowest BCUT2D eigenvalue weighted by Crippen LogP contribution is -2.49. The lowest BCUT2D eigenvalue weighted by atomic mass is 9.96. The third kappa shape index (κ3) is 5.09. The number of rotatable bonds is 5. The van der Waals surface area contributed by atoms with Gasteiger partial charge in [0.25, 0.3) is 0 Å². The second kappa shape index (κ2) is 9.31. The predicted octanol–water partition coefficient (Wildman–Crippen LogP) is 2.61. The number of amides is 1. The molecular weight excluding hydrogens is 369 g/mol. The van der Waals surface area contributed by atoms with Gasteiger partial charge < -0.3 is 10.2 Å². The third-order valence-electron chi connectivity index (χ3n) is 5.91. The number of nitrogens with one attached hydrogen (secondary N) is 1. The Morgan fingerprint density at radius 3 is 2.59 bits per heavy atom. The molecule has 1 N–H and O–H groups in total. The van der Waals surface area contributed by atoms with Crippen LogP contribution in [-0.2, 0) is 11.3 Å². The molecule has 29 heavy (non-hydrogen) atoms. The average molecular weight is 397 g/mol. The maximum absolute atomic E-state index is 13.9. The van der Waals surface area contributed by atoms with Crippen LogP contribution >= 0.6 is 0 Å². The van der Waals surface area contributed by atoms with E-state index in [9.17, 15) is 9.18 Å². The van der Waals surface area contributed by atoms with Crippen molar-refractivity contribution < 1.29 is 9.18 Å². The Kier molecular flexibility index (Phi) is 6.34. The van der Waals surface area contributed by atoms with Gasteiger partial charge in [-0.1, -0.05) is 18.2 Å². The van der Waals surface area contributed by atoms with Crippen molar-refractivity contribution in [3.63, 3.8) is 0 Å². The van der Waals surface area contributed by atoms with Gasteiger partial charge in [-0.15, -0.1) is 0 Å². The van der Waals surface area contributed by atoms with Gasteiger partial charge in [-0.25, -0.2) is 14.4 Å². The number of aromatic nitrogens is 2. The fraction of sp³-hybridized carbons (Fsp3) is 0.500. The molecule has 2 aliphatic rings. The maximum Gasteiger partial charge on any atom is 0.225 e. The van der Waals surface area contributed by atoms with Gasteiger partial charge >= 0.3 is 0 Å². The van der Waals surface area contributed by atoms with E-state index in [1.54, 1.807) is 24.5 Å². The lowest BCUT2D eigenvalue weighted by molar-refractivity contribution is -0.126.